The molecule has 122 valence electrons. The number of carbonyl (C=O) groups excluding carboxylic acids is 1. The van der Waals surface area contributed by atoms with E-state index in [-0.39, 0.29) is 24.3 Å². The molecule has 0 N–H and O–H groups in total. The molecule has 1 unspecified atom stereocenters. The molecule has 1 aliphatic rings. The third-order valence-electron chi connectivity index (χ3n) is 3.78. The van der Waals surface area contributed by atoms with Gasteiger partial charge in [0.15, 0.2) is 0 Å². The van der Waals surface area contributed by atoms with Crippen LogP contribution in [0.25, 0.3) is 0 Å². The monoisotopic (exact) mass is 318 g/mol. The summed E-state index contributed by atoms with van der Waals surface area (Å²) in [4.78, 5) is 24.9. The van der Waals surface area contributed by atoms with E-state index < -0.39 is 23.7 Å². The first-order valence-electron chi connectivity index (χ1n) is 6.88. The average Bonchev–Trinajstić information content (AvgIpc) is 2.48. The number of nitrogens with zero attached hydrogens (tertiary/aromatic N) is 2. The van der Waals surface area contributed by atoms with Gasteiger partial charge in [0.25, 0.3) is 11.5 Å². The van der Waals surface area contributed by atoms with E-state index in [4.69, 9.17) is 4.74 Å². The topological polar surface area (TPSA) is 51.5 Å². The molecule has 0 bridgehead atoms. The number of amides is 1. The molecule has 22 heavy (non-hydrogen) atoms. The Morgan fingerprint density at radius 3 is 2.64 bits per heavy atom. The zero-order valence-corrected chi connectivity index (χ0v) is 12.3. The first-order chi connectivity index (χ1) is 10.3. The van der Waals surface area contributed by atoms with Crippen molar-refractivity contribution in [2.45, 2.75) is 31.5 Å². The van der Waals surface area contributed by atoms with Crippen LogP contribution in [0.4, 0.5) is 13.2 Å². The molecule has 1 saturated heterocycles. The highest BCUT2D eigenvalue weighted by Gasteiger charge is 2.46. The molecule has 1 atom stereocenters. The lowest BCUT2D eigenvalue weighted by Crippen LogP contribution is -2.51. The molecule has 2 rings (SSSR count). The number of pyridine rings is 1. The Kier molecular flexibility index (Phi) is 4.48. The number of alkyl halides is 3. The average molecular weight is 318 g/mol. The predicted octanol–water partition coefficient (Wildman–Crippen LogP) is 1.95. The normalized spacial score (nSPS) is 19.1. The van der Waals surface area contributed by atoms with Gasteiger partial charge in [-0.25, -0.2) is 0 Å². The summed E-state index contributed by atoms with van der Waals surface area (Å²) in [6.45, 7) is 0.0367. The fraction of sp³-hybridized carbons (Fsp3) is 0.571. The maximum Gasteiger partial charge on any atom is 0.408 e. The lowest BCUT2D eigenvalue weighted by Gasteiger charge is -2.37. The van der Waals surface area contributed by atoms with E-state index >= 15 is 0 Å². The Morgan fingerprint density at radius 2 is 2.05 bits per heavy atom. The van der Waals surface area contributed by atoms with E-state index in [1.54, 1.807) is 0 Å². The highest BCUT2D eigenvalue weighted by Crippen LogP contribution is 2.33. The summed E-state index contributed by atoms with van der Waals surface area (Å²) in [5, 5.41) is 0. The van der Waals surface area contributed by atoms with Crippen LogP contribution in [0.5, 0.6) is 5.75 Å². The Hall–Kier alpha value is -1.99. The largest absolute Gasteiger partial charge is 0.496 e. The summed E-state index contributed by atoms with van der Waals surface area (Å²) >= 11 is 0. The second kappa shape index (κ2) is 6.02. The molecule has 8 heteroatoms. The van der Waals surface area contributed by atoms with Gasteiger partial charge in [-0.05, 0) is 19.3 Å². The highest BCUT2D eigenvalue weighted by atomic mass is 19.4. The first kappa shape index (κ1) is 16.4. The number of methoxy groups -OCH3 is 1. The van der Waals surface area contributed by atoms with Crippen LogP contribution >= 0.6 is 0 Å². The van der Waals surface area contributed by atoms with Crippen molar-refractivity contribution in [3.63, 3.8) is 0 Å². The Bertz CT molecular complexity index is 625. The Morgan fingerprint density at radius 1 is 1.36 bits per heavy atom. The molecular weight excluding hydrogens is 301 g/mol. The summed E-state index contributed by atoms with van der Waals surface area (Å²) in [7, 11) is 2.69. The summed E-state index contributed by atoms with van der Waals surface area (Å²) in [6, 6.07) is -0.699. The molecule has 0 radical (unpaired) electrons. The minimum Gasteiger partial charge on any atom is -0.496 e. The molecule has 0 saturated carbocycles. The van der Waals surface area contributed by atoms with E-state index in [9.17, 15) is 22.8 Å². The van der Waals surface area contributed by atoms with Crippen molar-refractivity contribution in [1.29, 1.82) is 0 Å². The third kappa shape index (κ3) is 3.10. The van der Waals surface area contributed by atoms with Crippen LogP contribution in [0.2, 0.25) is 0 Å². The molecule has 0 aromatic carbocycles. The number of hydrogen-bond acceptors (Lipinski definition) is 3. The number of rotatable bonds is 2. The van der Waals surface area contributed by atoms with Crippen LogP contribution in [0.15, 0.2) is 17.1 Å². The van der Waals surface area contributed by atoms with Gasteiger partial charge in [-0.3, -0.25) is 9.59 Å². The maximum absolute atomic E-state index is 13.1. The van der Waals surface area contributed by atoms with Gasteiger partial charge in [-0.15, -0.1) is 0 Å². The molecule has 1 aromatic rings. The van der Waals surface area contributed by atoms with E-state index in [1.165, 1.54) is 20.4 Å². The second-order valence-corrected chi connectivity index (χ2v) is 5.26. The van der Waals surface area contributed by atoms with Gasteiger partial charge in [0.05, 0.1) is 12.7 Å². The zero-order chi connectivity index (χ0) is 16.5. The SMILES string of the molecule is COc1cc(=O)n(C)cc1C(=O)N1CCCCC1C(F)(F)F. The van der Waals surface area contributed by atoms with Crippen molar-refractivity contribution in [2.24, 2.45) is 7.05 Å². The van der Waals surface area contributed by atoms with Crippen LogP contribution in [0.3, 0.4) is 0 Å². The quantitative estimate of drug-likeness (QED) is 0.837. The van der Waals surface area contributed by atoms with Crippen LogP contribution < -0.4 is 10.3 Å². The van der Waals surface area contributed by atoms with Gasteiger partial charge < -0.3 is 14.2 Å². The van der Waals surface area contributed by atoms with Gasteiger partial charge in [0, 0.05) is 25.9 Å². The second-order valence-electron chi connectivity index (χ2n) is 5.26. The van der Waals surface area contributed by atoms with Crippen molar-refractivity contribution in [3.05, 3.63) is 28.2 Å². The number of aryl methyl sites for hydroxylation is 1. The Balaban J connectivity index is 2.42. The van der Waals surface area contributed by atoms with Gasteiger partial charge in [0.1, 0.15) is 11.8 Å². The van der Waals surface area contributed by atoms with E-state index in [0.29, 0.717) is 12.8 Å². The minimum absolute atomic E-state index is 0.0143. The molecule has 5 nitrogen and oxygen atoms in total. The maximum atomic E-state index is 13.1. The van der Waals surface area contributed by atoms with Crippen molar-refractivity contribution >= 4 is 5.91 Å². The summed E-state index contributed by atoms with van der Waals surface area (Å²) in [5.41, 5.74) is -0.444. The van der Waals surface area contributed by atoms with Crippen LogP contribution in [0.1, 0.15) is 29.6 Å². The van der Waals surface area contributed by atoms with Gasteiger partial charge in [-0.1, -0.05) is 0 Å². The number of aromatic nitrogens is 1. The number of hydrogen-bond donors (Lipinski definition) is 0. The van der Waals surface area contributed by atoms with E-state index in [2.05, 4.69) is 0 Å². The van der Waals surface area contributed by atoms with Gasteiger partial charge in [-0.2, -0.15) is 13.2 Å². The lowest BCUT2D eigenvalue weighted by molar-refractivity contribution is -0.183. The molecule has 1 aliphatic heterocycles. The standard InChI is InChI=1S/C14H17F3N2O3/c1-18-8-9(10(22-2)7-12(18)20)13(21)19-6-4-3-5-11(19)14(15,16)17/h7-8,11H,3-6H2,1-2H3. The number of piperidine rings is 1. The number of ether oxygens (including phenoxy) is 1. The number of likely N-dealkylation sites (tertiary alicyclic amines) is 1. The van der Waals surface area contributed by atoms with Crippen molar-refractivity contribution < 1.29 is 22.7 Å². The van der Waals surface area contributed by atoms with Crippen LogP contribution in [-0.4, -0.2) is 41.2 Å². The fourth-order valence-electron chi connectivity index (χ4n) is 2.61. The predicted molar refractivity (Wildman–Crippen MR) is 73.0 cm³/mol. The van der Waals surface area contributed by atoms with Gasteiger partial charge >= 0.3 is 6.18 Å². The molecule has 1 aromatic heterocycles. The number of halogens is 3. The third-order valence-corrected chi connectivity index (χ3v) is 3.78. The first-order valence-corrected chi connectivity index (χ1v) is 6.88. The lowest BCUT2D eigenvalue weighted by atomic mass is 10.0. The summed E-state index contributed by atoms with van der Waals surface area (Å²) in [6.07, 6.45) is -2.41. The van der Waals surface area contributed by atoms with Crippen molar-refractivity contribution in [3.8, 4) is 5.75 Å². The summed E-state index contributed by atoms with van der Waals surface area (Å²) < 4.78 is 45.5. The van der Waals surface area contributed by atoms with Crippen molar-refractivity contribution in [2.75, 3.05) is 13.7 Å². The smallest absolute Gasteiger partial charge is 0.408 e. The Labute approximate surface area is 125 Å². The molecule has 0 aliphatic carbocycles. The molecular formula is C14H17F3N2O3. The van der Waals surface area contributed by atoms with E-state index in [0.717, 1.165) is 15.5 Å². The molecule has 1 fully saturated rings. The fourth-order valence-corrected chi connectivity index (χ4v) is 2.61. The molecule has 1 amide bonds. The van der Waals surface area contributed by atoms with E-state index in [1.807, 2.05) is 0 Å². The van der Waals surface area contributed by atoms with Gasteiger partial charge in [0.2, 0.25) is 0 Å². The molecule has 0 spiro atoms. The number of carbonyl (C=O) groups is 1. The summed E-state index contributed by atoms with van der Waals surface area (Å²) in [5.74, 6) is -0.783. The van der Waals surface area contributed by atoms with Crippen LogP contribution in [0, 0.1) is 0 Å². The zero-order valence-electron chi connectivity index (χ0n) is 12.3. The minimum atomic E-state index is -4.47. The van der Waals surface area contributed by atoms with Crippen LogP contribution in [-0.2, 0) is 7.05 Å². The molecule has 2 heterocycles. The van der Waals surface area contributed by atoms with Crippen molar-refractivity contribution in [1.82, 2.24) is 9.47 Å². The highest BCUT2D eigenvalue weighted by molar-refractivity contribution is 5.97.